The number of benzene rings is 2. The van der Waals surface area contributed by atoms with Gasteiger partial charge in [0.2, 0.25) is 0 Å². The Bertz CT molecular complexity index is 1150. The molecule has 0 saturated heterocycles. The molecular formula is C21H14Cl2N2O3S. The fourth-order valence-electron chi connectivity index (χ4n) is 2.54. The Morgan fingerprint density at radius 1 is 1.21 bits per heavy atom. The summed E-state index contributed by atoms with van der Waals surface area (Å²) in [7, 11) is 1.48. The van der Waals surface area contributed by atoms with Crippen LogP contribution in [0, 0.1) is 11.3 Å². The van der Waals surface area contributed by atoms with Crippen LogP contribution in [0.4, 0.5) is 0 Å². The summed E-state index contributed by atoms with van der Waals surface area (Å²) >= 11 is 13.5. The van der Waals surface area contributed by atoms with Crippen molar-refractivity contribution in [1.29, 1.82) is 5.26 Å². The fourth-order valence-corrected chi connectivity index (χ4v) is 3.83. The van der Waals surface area contributed by atoms with Crippen LogP contribution in [0.15, 0.2) is 41.8 Å². The van der Waals surface area contributed by atoms with Crippen molar-refractivity contribution >= 4 is 52.2 Å². The number of rotatable bonds is 5. The zero-order valence-corrected chi connectivity index (χ0v) is 17.7. The highest BCUT2D eigenvalue weighted by atomic mass is 35.5. The van der Waals surface area contributed by atoms with Gasteiger partial charge in [-0.25, -0.2) is 4.98 Å². The molecule has 1 heterocycles. The van der Waals surface area contributed by atoms with Gasteiger partial charge in [-0.15, -0.1) is 11.3 Å². The van der Waals surface area contributed by atoms with E-state index in [1.54, 1.807) is 42.5 Å². The Hall–Kier alpha value is -2.85. The third kappa shape index (κ3) is 4.96. The smallest absolute Gasteiger partial charge is 0.308 e. The monoisotopic (exact) mass is 444 g/mol. The van der Waals surface area contributed by atoms with Crippen molar-refractivity contribution in [2.75, 3.05) is 7.11 Å². The van der Waals surface area contributed by atoms with Crippen molar-refractivity contribution in [3.63, 3.8) is 0 Å². The predicted octanol–water partition coefficient (Wildman–Crippen LogP) is 6.11. The number of methoxy groups -OCH3 is 1. The van der Waals surface area contributed by atoms with Crippen molar-refractivity contribution in [1.82, 2.24) is 4.98 Å². The normalized spacial score (nSPS) is 11.1. The summed E-state index contributed by atoms with van der Waals surface area (Å²) in [5, 5.41) is 13.0. The zero-order valence-electron chi connectivity index (χ0n) is 15.4. The van der Waals surface area contributed by atoms with Crippen LogP contribution in [0.1, 0.15) is 17.5 Å². The van der Waals surface area contributed by atoms with Crippen LogP contribution in [0.2, 0.25) is 10.0 Å². The second kappa shape index (κ2) is 9.10. The van der Waals surface area contributed by atoms with Crippen LogP contribution in [0.25, 0.3) is 22.9 Å². The van der Waals surface area contributed by atoms with Crippen LogP contribution in [0.3, 0.4) is 0 Å². The number of ether oxygens (including phenoxy) is 2. The van der Waals surface area contributed by atoms with Crippen molar-refractivity contribution in [3.8, 4) is 28.8 Å². The lowest BCUT2D eigenvalue weighted by molar-refractivity contribution is -0.132. The van der Waals surface area contributed by atoms with Gasteiger partial charge in [-0.1, -0.05) is 29.3 Å². The maximum absolute atomic E-state index is 11.2. The lowest BCUT2D eigenvalue weighted by Gasteiger charge is -2.08. The highest BCUT2D eigenvalue weighted by Gasteiger charge is 2.13. The predicted molar refractivity (Wildman–Crippen MR) is 115 cm³/mol. The van der Waals surface area contributed by atoms with E-state index in [9.17, 15) is 10.1 Å². The number of halogens is 2. The summed E-state index contributed by atoms with van der Waals surface area (Å²) in [6, 6.07) is 12.4. The van der Waals surface area contributed by atoms with Gasteiger partial charge in [0.15, 0.2) is 11.5 Å². The molecule has 0 bridgehead atoms. The highest BCUT2D eigenvalue weighted by molar-refractivity contribution is 7.11. The molecule has 29 heavy (non-hydrogen) atoms. The molecule has 0 fully saturated rings. The average Bonchev–Trinajstić information content (AvgIpc) is 3.16. The van der Waals surface area contributed by atoms with Crippen LogP contribution < -0.4 is 9.47 Å². The van der Waals surface area contributed by atoms with E-state index in [0.29, 0.717) is 43.4 Å². The van der Waals surface area contributed by atoms with E-state index in [-0.39, 0.29) is 0 Å². The summed E-state index contributed by atoms with van der Waals surface area (Å²) in [5.74, 6) is 0.254. The molecule has 0 spiro atoms. The number of nitrogens with zero attached hydrogens (tertiary/aromatic N) is 2. The van der Waals surface area contributed by atoms with E-state index in [1.807, 2.05) is 5.38 Å². The molecule has 0 amide bonds. The standard InChI is InChI=1S/C21H14Cl2N2O3S/c1-12(26)28-19-6-3-13(8-20(19)27-2)7-14(10-24)21-25-18(11-29-21)16-5-4-15(22)9-17(16)23/h3-9,11H,1-2H3/b14-7+. The van der Waals surface area contributed by atoms with E-state index < -0.39 is 5.97 Å². The molecule has 3 aromatic rings. The first-order valence-corrected chi connectivity index (χ1v) is 9.94. The molecule has 0 radical (unpaired) electrons. The van der Waals surface area contributed by atoms with E-state index in [1.165, 1.54) is 25.4 Å². The SMILES string of the molecule is COc1cc(/C=C(\C#N)c2nc(-c3ccc(Cl)cc3Cl)cs2)ccc1OC(C)=O. The third-order valence-electron chi connectivity index (χ3n) is 3.81. The lowest BCUT2D eigenvalue weighted by atomic mass is 10.1. The summed E-state index contributed by atoms with van der Waals surface area (Å²) < 4.78 is 10.4. The summed E-state index contributed by atoms with van der Waals surface area (Å²) in [4.78, 5) is 15.7. The topological polar surface area (TPSA) is 72.2 Å². The quantitative estimate of drug-likeness (QED) is 0.269. The Morgan fingerprint density at radius 3 is 2.66 bits per heavy atom. The minimum absolute atomic E-state index is 0.310. The molecule has 0 aliphatic carbocycles. The second-order valence-corrected chi connectivity index (χ2v) is 7.54. The maximum atomic E-state index is 11.2. The van der Waals surface area contributed by atoms with E-state index in [0.717, 1.165) is 5.56 Å². The Kier molecular flexibility index (Phi) is 6.55. The van der Waals surface area contributed by atoms with Crippen LogP contribution in [-0.2, 0) is 4.79 Å². The second-order valence-electron chi connectivity index (χ2n) is 5.84. The largest absolute Gasteiger partial charge is 0.493 e. The van der Waals surface area contributed by atoms with Crippen molar-refractivity contribution in [2.45, 2.75) is 6.92 Å². The number of thiazole rings is 1. The molecule has 1 aromatic heterocycles. The summed E-state index contributed by atoms with van der Waals surface area (Å²) in [6.07, 6.45) is 1.69. The van der Waals surface area contributed by atoms with Gasteiger partial charge in [0, 0.05) is 22.9 Å². The minimum Gasteiger partial charge on any atom is -0.493 e. The highest BCUT2D eigenvalue weighted by Crippen LogP contribution is 2.34. The van der Waals surface area contributed by atoms with Gasteiger partial charge in [0.05, 0.1) is 23.4 Å². The Morgan fingerprint density at radius 2 is 2.00 bits per heavy atom. The minimum atomic E-state index is -0.444. The number of allylic oxidation sites excluding steroid dienone is 1. The average molecular weight is 445 g/mol. The van der Waals surface area contributed by atoms with Gasteiger partial charge in [0.25, 0.3) is 0 Å². The first-order valence-electron chi connectivity index (χ1n) is 8.31. The zero-order chi connectivity index (χ0) is 21.0. The molecule has 0 N–H and O–H groups in total. The summed E-state index contributed by atoms with van der Waals surface area (Å²) in [6.45, 7) is 1.31. The molecule has 0 saturated carbocycles. The maximum Gasteiger partial charge on any atom is 0.308 e. The number of nitriles is 1. The van der Waals surface area contributed by atoms with Gasteiger partial charge in [-0.3, -0.25) is 4.79 Å². The molecule has 0 aliphatic heterocycles. The molecule has 0 atom stereocenters. The molecule has 2 aromatic carbocycles. The molecule has 3 rings (SSSR count). The molecular weight excluding hydrogens is 431 g/mol. The molecule has 5 nitrogen and oxygen atoms in total. The number of carbonyl (C=O) groups is 1. The van der Waals surface area contributed by atoms with Crippen LogP contribution in [-0.4, -0.2) is 18.1 Å². The lowest BCUT2D eigenvalue weighted by Crippen LogP contribution is -2.03. The van der Waals surface area contributed by atoms with Crippen molar-refractivity contribution in [2.24, 2.45) is 0 Å². The Balaban J connectivity index is 1.94. The Labute approximate surface area is 181 Å². The van der Waals surface area contributed by atoms with Gasteiger partial charge < -0.3 is 9.47 Å². The van der Waals surface area contributed by atoms with Gasteiger partial charge in [0.1, 0.15) is 11.1 Å². The number of hydrogen-bond acceptors (Lipinski definition) is 6. The van der Waals surface area contributed by atoms with E-state index in [4.69, 9.17) is 32.7 Å². The van der Waals surface area contributed by atoms with Gasteiger partial charge in [-0.05, 0) is 42.0 Å². The van der Waals surface area contributed by atoms with E-state index in [2.05, 4.69) is 11.1 Å². The van der Waals surface area contributed by atoms with Gasteiger partial charge >= 0.3 is 5.97 Å². The fraction of sp³-hybridized carbons (Fsp3) is 0.0952. The third-order valence-corrected chi connectivity index (χ3v) is 5.24. The first kappa shape index (κ1) is 20.9. The molecule has 0 unspecified atom stereocenters. The van der Waals surface area contributed by atoms with E-state index >= 15 is 0 Å². The van der Waals surface area contributed by atoms with Crippen molar-refractivity contribution < 1.29 is 14.3 Å². The van der Waals surface area contributed by atoms with Gasteiger partial charge in [-0.2, -0.15) is 5.26 Å². The number of esters is 1. The number of carbonyl (C=O) groups excluding carboxylic acids is 1. The summed E-state index contributed by atoms with van der Waals surface area (Å²) in [5.41, 5.74) is 2.49. The number of aromatic nitrogens is 1. The molecule has 0 aliphatic rings. The molecule has 8 heteroatoms. The molecule has 146 valence electrons. The van der Waals surface area contributed by atoms with Crippen molar-refractivity contribution in [3.05, 3.63) is 62.4 Å². The number of hydrogen-bond donors (Lipinski definition) is 0. The first-order chi connectivity index (χ1) is 13.9. The van der Waals surface area contributed by atoms with Crippen LogP contribution in [0.5, 0.6) is 11.5 Å². The van der Waals surface area contributed by atoms with Crippen LogP contribution >= 0.6 is 34.5 Å².